The highest BCUT2D eigenvalue weighted by Crippen LogP contribution is 2.35. The molecular formula is C15H17N5O4. The van der Waals surface area contributed by atoms with Crippen molar-refractivity contribution in [3.8, 4) is 6.07 Å². The average molecular weight is 331 g/mol. The maximum absolute atomic E-state index is 10.3. The van der Waals surface area contributed by atoms with E-state index in [1.807, 2.05) is 6.07 Å². The van der Waals surface area contributed by atoms with Gasteiger partial charge in [-0.3, -0.25) is 0 Å². The summed E-state index contributed by atoms with van der Waals surface area (Å²) in [7, 11) is 0. The number of nitrogen functional groups attached to an aromatic ring is 1. The molecule has 5 N–H and O–H groups in total. The number of aliphatic hydroxyl groups excluding tert-OH is 3. The molecule has 1 aliphatic heterocycles. The Labute approximate surface area is 137 Å². The summed E-state index contributed by atoms with van der Waals surface area (Å²) in [6, 6.07) is 1.99. The molecule has 1 aliphatic rings. The van der Waals surface area contributed by atoms with Crippen molar-refractivity contribution in [2.75, 3.05) is 5.73 Å². The van der Waals surface area contributed by atoms with Crippen LogP contribution in [-0.4, -0.2) is 54.3 Å². The molecule has 0 spiro atoms. The van der Waals surface area contributed by atoms with Gasteiger partial charge in [0.15, 0.2) is 6.23 Å². The van der Waals surface area contributed by atoms with Gasteiger partial charge in [0.1, 0.15) is 48.3 Å². The lowest BCUT2D eigenvalue weighted by Crippen LogP contribution is -2.37. The molecule has 1 fully saturated rings. The van der Waals surface area contributed by atoms with Crippen LogP contribution in [0.15, 0.2) is 24.7 Å². The summed E-state index contributed by atoms with van der Waals surface area (Å²) >= 11 is 0. The number of hydrogen-bond donors (Lipinski definition) is 4. The topological polar surface area (TPSA) is 150 Å². The van der Waals surface area contributed by atoms with Crippen LogP contribution >= 0.6 is 0 Å². The van der Waals surface area contributed by atoms with E-state index in [4.69, 9.17) is 10.5 Å². The van der Waals surface area contributed by atoms with Crippen molar-refractivity contribution >= 4 is 16.9 Å². The molecule has 0 saturated carbocycles. The van der Waals surface area contributed by atoms with Gasteiger partial charge >= 0.3 is 0 Å². The molecule has 1 saturated heterocycles. The minimum atomic E-state index is -1.31. The van der Waals surface area contributed by atoms with Gasteiger partial charge in [0, 0.05) is 6.20 Å². The van der Waals surface area contributed by atoms with E-state index in [0.717, 1.165) is 0 Å². The van der Waals surface area contributed by atoms with Crippen LogP contribution in [0.5, 0.6) is 0 Å². The molecule has 3 heterocycles. The molecule has 0 unspecified atom stereocenters. The summed E-state index contributed by atoms with van der Waals surface area (Å²) in [5.41, 5.74) is 6.33. The Bertz CT molecular complexity index is 827. The smallest absolute Gasteiger partial charge is 0.164 e. The van der Waals surface area contributed by atoms with E-state index in [2.05, 4.69) is 9.97 Å². The van der Waals surface area contributed by atoms with Gasteiger partial charge in [0.2, 0.25) is 0 Å². The maximum atomic E-state index is 10.3. The molecular weight excluding hydrogens is 314 g/mol. The Morgan fingerprint density at radius 2 is 2.17 bits per heavy atom. The highest BCUT2D eigenvalue weighted by atomic mass is 16.6. The predicted octanol–water partition coefficient (Wildman–Crippen LogP) is -0.559. The lowest BCUT2D eigenvalue weighted by atomic mass is 10.1. The third kappa shape index (κ3) is 2.42. The van der Waals surface area contributed by atoms with Crippen molar-refractivity contribution in [1.29, 1.82) is 5.26 Å². The van der Waals surface area contributed by atoms with Crippen LogP contribution in [0.1, 0.15) is 18.7 Å². The number of fused-ring (bicyclic) bond motifs is 1. The Balaban J connectivity index is 2.05. The summed E-state index contributed by atoms with van der Waals surface area (Å²) in [5.74, 6) is 0.133. The van der Waals surface area contributed by atoms with Gasteiger partial charge in [-0.1, -0.05) is 12.2 Å². The van der Waals surface area contributed by atoms with E-state index in [0.29, 0.717) is 11.0 Å². The number of rotatable bonds is 3. The van der Waals surface area contributed by atoms with Crippen LogP contribution in [0.25, 0.3) is 11.0 Å². The molecule has 0 amide bonds. The fourth-order valence-corrected chi connectivity index (χ4v) is 2.89. The predicted molar refractivity (Wildman–Crippen MR) is 83.4 cm³/mol. The summed E-state index contributed by atoms with van der Waals surface area (Å²) in [4.78, 5) is 7.95. The number of nitrogens with zero attached hydrogens (tertiary/aromatic N) is 4. The fraction of sp³-hybridized carbons (Fsp3) is 0.400. The molecule has 0 radical (unpaired) electrons. The van der Waals surface area contributed by atoms with E-state index in [-0.39, 0.29) is 11.4 Å². The molecule has 0 aliphatic carbocycles. The second-order valence-corrected chi connectivity index (χ2v) is 5.51. The van der Waals surface area contributed by atoms with Crippen LogP contribution in [0.2, 0.25) is 0 Å². The number of nitriles is 1. The number of hydrogen-bond acceptors (Lipinski definition) is 8. The van der Waals surface area contributed by atoms with Gasteiger partial charge < -0.3 is 30.4 Å². The second-order valence-electron chi connectivity index (χ2n) is 5.51. The largest absolute Gasteiger partial charge is 0.387 e. The third-order valence-corrected chi connectivity index (χ3v) is 4.03. The Hall–Kier alpha value is -2.51. The number of aromatic nitrogens is 3. The Morgan fingerprint density at radius 3 is 2.83 bits per heavy atom. The van der Waals surface area contributed by atoms with Crippen molar-refractivity contribution in [1.82, 2.24) is 14.5 Å². The quantitative estimate of drug-likeness (QED) is 0.547. The lowest BCUT2D eigenvalue weighted by Gasteiger charge is -2.18. The highest BCUT2D eigenvalue weighted by molar-refractivity contribution is 5.91. The number of aliphatic hydroxyl groups is 3. The van der Waals surface area contributed by atoms with Gasteiger partial charge in [-0.15, -0.1) is 0 Å². The maximum Gasteiger partial charge on any atom is 0.164 e. The first-order chi connectivity index (χ1) is 11.5. The van der Waals surface area contributed by atoms with Crippen LogP contribution in [0.4, 0.5) is 5.82 Å². The summed E-state index contributed by atoms with van der Waals surface area (Å²) in [5, 5.41) is 40.1. The van der Waals surface area contributed by atoms with Crippen LogP contribution in [0.3, 0.4) is 0 Å². The number of nitrogens with two attached hydrogens (primary N) is 1. The van der Waals surface area contributed by atoms with E-state index >= 15 is 0 Å². The number of allylic oxidation sites excluding steroid dienone is 1. The van der Waals surface area contributed by atoms with Crippen LogP contribution < -0.4 is 5.73 Å². The number of ether oxygens (including phenoxy) is 1. The first kappa shape index (κ1) is 16.4. The SMILES string of the molecule is CC=C[C@@H](O)[C@H]1O[C@@H](n2cc(C#N)c3c(N)ncnc32)[C@H](O)[C@@H]1O. The van der Waals surface area contributed by atoms with E-state index < -0.39 is 30.6 Å². The van der Waals surface area contributed by atoms with Crippen molar-refractivity contribution in [3.63, 3.8) is 0 Å². The van der Waals surface area contributed by atoms with Crippen molar-refractivity contribution in [2.24, 2.45) is 0 Å². The molecule has 2 aromatic rings. The van der Waals surface area contributed by atoms with E-state index in [9.17, 15) is 20.6 Å². The van der Waals surface area contributed by atoms with Gasteiger partial charge in [-0.25, -0.2) is 9.97 Å². The fourth-order valence-electron chi connectivity index (χ4n) is 2.89. The van der Waals surface area contributed by atoms with Crippen LogP contribution in [-0.2, 0) is 4.74 Å². The summed E-state index contributed by atoms with van der Waals surface area (Å²) < 4.78 is 7.06. The summed E-state index contributed by atoms with van der Waals surface area (Å²) in [6.45, 7) is 1.72. The van der Waals surface area contributed by atoms with Gasteiger partial charge in [0.05, 0.1) is 10.9 Å². The molecule has 0 aromatic carbocycles. The average Bonchev–Trinajstić information content (AvgIpc) is 3.07. The lowest BCUT2D eigenvalue weighted by molar-refractivity contribution is -0.0696. The van der Waals surface area contributed by atoms with Crippen molar-refractivity contribution in [3.05, 3.63) is 30.2 Å². The van der Waals surface area contributed by atoms with E-state index in [1.54, 1.807) is 13.0 Å². The summed E-state index contributed by atoms with van der Waals surface area (Å²) in [6.07, 6.45) is 0.00976. The van der Waals surface area contributed by atoms with E-state index in [1.165, 1.54) is 23.2 Å². The first-order valence-corrected chi connectivity index (χ1v) is 7.33. The highest BCUT2D eigenvalue weighted by Gasteiger charge is 2.46. The first-order valence-electron chi connectivity index (χ1n) is 7.33. The molecule has 9 heteroatoms. The minimum Gasteiger partial charge on any atom is -0.387 e. The molecule has 9 nitrogen and oxygen atoms in total. The normalized spacial score (nSPS) is 28.5. The molecule has 3 rings (SSSR count). The molecule has 24 heavy (non-hydrogen) atoms. The Kier molecular flexibility index (Phi) is 4.21. The zero-order chi connectivity index (χ0) is 17.4. The molecule has 5 atom stereocenters. The monoisotopic (exact) mass is 331 g/mol. The van der Waals surface area contributed by atoms with Gasteiger partial charge in [-0.05, 0) is 6.92 Å². The van der Waals surface area contributed by atoms with Crippen molar-refractivity contribution in [2.45, 2.75) is 37.6 Å². The standard InChI is InChI=1S/C15H17N5O4/c1-2-3-8(21)12-10(22)11(23)15(24-12)20-5-7(4-16)9-13(17)18-6-19-14(9)20/h2-3,5-6,8,10-12,15,21-23H,1H3,(H2,17,18,19)/t8-,10+,11-,12-,15-/m1/s1. The Morgan fingerprint density at radius 1 is 1.42 bits per heavy atom. The van der Waals surface area contributed by atoms with Crippen molar-refractivity contribution < 1.29 is 20.1 Å². The minimum absolute atomic E-state index is 0.133. The molecule has 126 valence electrons. The molecule has 0 bridgehead atoms. The van der Waals surface area contributed by atoms with Crippen LogP contribution in [0, 0.1) is 11.3 Å². The zero-order valence-corrected chi connectivity index (χ0v) is 12.8. The zero-order valence-electron chi connectivity index (χ0n) is 12.8. The second kappa shape index (κ2) is 6.18. The van der Waals surface area contributed by atoms with Gasteiger partial charge in [-0.2, -0.15) is 5.26 Å². The molecule has 2 aromatic heterocycles. The van der Waals surface area contributed by atoms with Gasteiger partial charge in [0.25, 0.3) is 0 Å². The number of anilines is 1. The third-order valence-electron chi connectivity index (χ3n) is 4.03.